The summed E-state index contributed by atoms with van der Waals surface area (Å²) in [6, 6.07) is 0.0292. The summed E-state index contributed by atoms with van der Waals surface area (Å²) >= 11 is 0. The van der Waals surface area contributed by atoms with Crippen LogP contribution in [0.4, 0.5) is 0 Å². The Balaban J connectivity index is -0.000000121. The monoisotopic (exact) mass is 248 g/mol. The second-order valence-electron chi connectivity index (χ2n) is 2.74. The van der Waals surface area contributed by atoms with Gasteiger partial charge in [-0.3, -0.25) is 4.79 Å². The fourth-order valence-electron chi connectivity index (χ4n) is 1.04. The van der Waals surface area contributed by atoms with Crippen molar-refractivity contribution in [2.75, 3.05) is 13.6 Å². The fourth-order valence-corrected chi connectivity index (χ4v) is 1.04. The molecule has 0 saturated carbocycles. The van der Waals surface area contributed by atoms with Crippen LogP contribution in [0.5, 0.6) is 0 Å². The first-order valence-corrected chi connectivity index (χ1v) is 7.10. The normalized spacial score (nSPS) is 9.47. The number of nitrogens with two attached hydrogens (primary N) is 1. The standard InChI is InChI=1S/C8H18N2O.3C2H6/c1-7(11)8(10-2)5-3-4-6-9;3*1-2/h8,10H,3-6,9H2,1-2H3;3*1-2H3. The SMILES string of the molecule is CC.CC.CC.CNC(CCCCN)C(C)=O. The minimum absolute atomic E-state index is 0.0292. The number of hydrogen-bond donors (Lipinski definition) is 2. The Hall–Kier alpha value is -0.410. The van der Waals surface area contributed by atoms with Gasteiger partial charge in [0.25, 0.3) is 0 Å². The lowest BCUT2D eigenvalue weighted by Crippen LogP contribution is -2.32. The van der Waals surface area contributed by atoms with Crippen LogP contribution in [0.2, 0.25) is 0 Å². The van der Waals surface area contributed by atoms with Crippen LogP contribution in [0.15, 0.2) is 0 Å². The van der Waals surface area contributed by atoms with E-state index in [1.165, 1.54) is 0 Å². The molecule has 0 aromatic rings. The maximum atomic E-state index is 10.9. The van der Waals surface area contributed by atoms with E-state index in [1.54, 1.807) is 6.92 Å². The Morgan fingerprint density at radius 1 is 1.06 bits per heavy atom. The van der Waals surface area contributed by atoms with E-state index in [2.05, 4.69) is 5.32 Å². The van der Waals surface area contributed by atoms with Gasteiger partial charge in [-0.1, -0.05) is 48.0 Å². The number of carbonyl (C=O) groups is 1. The molecule has 0 aromatic heterocycles. The Morgan fingerprint density at radius 3 is 1.71 bits per heavy atom. The average Bonchev–Trinajstić information content (AvgIpc) is 2.41. The van der Waals surface area contributed by atoms with Gasteiger partial charge in [-0.2, -0.15) is 0 Å². The largest absolute Gasteiger partial charge is 0.330 e. The van der Waals surface area contributed by atoms with Gasteiger partial charge in [0.05, 0.1) is 6.04 Å². The summed E-state index contributed by atoms with van der Waals surface area (Å²) in [6.07, 6.45) is 2.94. The lowest BCUT2D eigenvalue weighted by Gasteiger charge is -2.11. The second-order valence-corrected chi connectivity index (χ2v) is 2.74. The van der Waals surface area contributed by atoms with Crippen LogP contribution in [0.1, 0.15) is 67.7 Å². The summed E-state index contributed by atoms with van der Waals surface area (Å²) in [5.41, 5.74) is 5.33. The van der Waals surface area contributed by atoms with Crippen LogP contribution in [0, 0.1) is 0 Å². The minimum atomic E-state index is 0.0292. The minimum Gasteiger partial charge on any atom is -0.330 e. The predicted octanol–water partition coefficient (Wildman–Crippen LogP) is 3.37. The van der Waals surface area contributed by atoms with Crippen molar-refractivity contribution in [1.29, 1.82) is 0 Å². The number of unbranched alkanes of at least 4 members (excludes halogenated alkanes) is 1. The van der Waals surface area contributed by atoms with Crippen LogP contribution < -0.4 is 11.1 Å². The number of nitrogens with one attached hydrogen (secondary N) is 1. The number of ketones is 1. The molecule has 0 fully saturated rings. The Kier molecular flexibility index (Phi) is 44.3. The average molecular weight is 248 g/mol. The van der Waals surface area contributed by atoms with Crippen molar-refractivity contribution in [1.82, 2.24) is 5.32 Å². The molecule has 0 bridgehead atoms. The van der Waals surface area contributed by atoms with Crippen molar-refractivity contribution >= 4 is 5.78 Å². The molecule has 17 heavy (non-hydrogen) atoms. The number of likely N-dealkylation sites (N-methyl/N-ethyl adjacent to an activating group) is 1. The van der Waals surface area contributed by atoms with Gasteiger partial charge in [0.2, 0.25) is 0 Å². The molecule has 0 aromatic carbocycles. The zero-order valence-electron chi connectivity index (χ0n) is 13.4. The summed E-state index contributed by atoms with van der Waals surface area (Å²) < 4.78 is 0. The molecule has 3 N–H and O–H groups in total. The van der Waals surface area contributed by atoms with Gasteiger partial charge in [-0.15, -0.1) is 0 Å². The van der Waals surface area contributed by atoms with Gasteiger partial charge in [0.15, 0.2) is 0 Å². The molecule has 3 nitrogen and oxygen atoms in total. The van der Waals surface area contributed by atoms with Crippen LogP contribution in [-0.4, -0.2) is 25.4 Å². The highest BCUT2D eigenvalue weighted by Crippen LogP contribution is 2.00. The maximum absolute atomic E-state index is 10.9. The van der Waals surface area contributed by atoms with Gasteiger partial charge in [0.1, 0.15) is 5.78 Å². The molecule has 0 aliphatic carbocycles. The van der Waals surface area contributed by atoms with E-state index < -0.39 is 0 Å². The maximum Gasteiger partial charge on any atom is 0.146 e. The first-order valence-electron chi connectivity index (χ1n) is 7.10. The molecule has 0 aliphatic heterocycles. The zero-order chi connectivity index (χ0) is 14.7. The van der Waals surface area contributed by atoms with E-state index in [-0.39, 0.29) is 11.8 Å². The van der Waals surface area contributed by atoms with Crippen molar-refractivity contribution in [2.45, 2.75) is 73.8 Å². The van der Waals surface area contributed by atoms with Crippen molar-refractivity contribution in [3.05, 3.63) is 0 Å². The third-order valence-electron chi connectivity index (χ3n) is 1.79. The summed E-state index contributed by atoms with van der Waals surface area (Å²) in [5, 5.41) is 2.97. The van der Waals surface area contributed by atoms with Gasteiger partial charge in [-0.25, -0.2) is 0 Å². The molecule has 1 atom stereocenters. The quantitative estimate of drug-likeness (QED) is 0.709. The highest BCUT2D eigenvalue weighted by atomic mass is 16.1. The number of carbonyl (C=O) groups excluding carboxylic acids is 1. The first kappa shape index (κ1) is 25.4. The van der Waals surface area contributed by atoms with Crippen molar-refractivity contribution in [3.63, 3.8) is 0 Å². The molecule has 0 aliphatic rings. The van der Waals surface area contributed by atoms with E-state index in [9.17, 15) is 4.79 Å². The van der Waals surface area contributed by atoms with Crippen molar-refractivity contribution in [3.8, 4) is 0 Å². The van der Waals surface area contributed by atoms with Gasteiger partial charge in [0, 0.05) is 0 Å². The molecular weight excluding hydrogens is 212 g/mol. The van der Waals surface area contributed by atoms with E-state index in [1.807, 2.05) is 48.6 Å². The number of hydrogen-bond acceptors (Lipinski definition) is 3. The first-order chi connectivity index (χ1) is 8.22. The van der Waals surface area contributed by atoms with E-state index >= 15 is 0 Å². The van der Waals surface area contributed by atoms with Crippen LogP contribution in [-0.2, 0) is 4.79 Å². The second kappa shape index (κ2) is 29.6. The van der Waals surface area contributed by atoms with E-state index in [0.717, 1.165) is 19.3 Å². The summed E-state index contributed by atoms with van der Waals surface area (Å²) in [7, 11) is 1.81. The zero-order valence-corrected chi connectivity index (χ0v) is 13.4. The molecular formula is C14H36N2O. The summed E-state index contributed by atoms with van der Waals surface area (Å²) in [6.45, 7) is 14.3. The molecule has 0 radical (unpaired) electrons. The third-order valence-corrected chi connectivity index (χ3v) is 1.79. The number of Topliss-reactive ketones (excluding diaryl/α,β-unsaturated/α-hetero) is 1. The predicted molar refractivity (Wildman–Crippen MR) is 80.5 cm³/mol. The summed E-state index contributed by atoms with van der Waals surface area (Å²) in [5.74, 6) is 0.213. The highest BCUT2D eigenvalue weighted by molar-refractivity contribution is 5.81. The van der Waals surface area contributed by atoms with Crippen molar-refractivity contribution < 1.29 is 4.79 Å². The van der Waals surface area contributed by atoms with Gasteiger partial charge < -0.3 is 11.1 Å². The summed E-state index contributed by atoms with van der Waals surface area (Å²) in [4.78, 5) is 10.9. The number of rotatable bonds is 6. The lowest BCUT2D eigenvalue weighted by atomic mass is 10.1. The molecule has 108 valence electrons. The van der Waals surface area contributed by atoms with Crippen LogP contribution >= 0.6 is 0 Å². The van der Waals surface area contributed by atoms with Crippen LogP contribution in [0.25, 0.3) is 0 Å². The molecule has 0 amide bonds. The Labute approximate surface area is 110 Å². The molecule has 1 unspecified atom stereocenters. The van der Waals surface area contributed by atoms with Gasteiger partial charge in [-0.05, 0) is 33.4 Å². The van der Waals surface area contributed by atoms with E-state index in [4.69, 9.17) is 5.73 Å². The Bertz CT molecular complexity index is 117. The topological polar surface area (TPSA) is 55.1 Å². The van der Waals surface area contributed by atoms with Crippen molar-refractivity contribution in [2.24, 2.45) is 5.73 Å². The fraction of sp³-hybridized carbons (Fsp3) is 0.929. The Morgan fingerprint density at radius 2 is 1.47 bits per heavy atom. The third kappa shape index (κ3) is 25.7. The van der Waals surface area contributed by atoms with Crippen LogP contribution in [0.3, 0.4) is 0 Å². The van der Waals surface area contributed by atoms with Gasteiger partial charge >= 0.3 is 0 Å². The molecule has 0 saturated heterocycles. The van der Waals surface area contributed by atoms with E-state index in [0.29, 0.717) is 6.54 Å². The highest BCUT2D eigenvalue weighted by Gasteiger charge is 2.09. The lowest BCUT2D eigenvalue weighted by molar-refractivity contribution is -0.119. The molecule has 0 rings (SSSR count). The molecule has 0 spiro atoms. The molecule has 3 heteroatoms. The smallest absolute Gasteiger partial charge is 0.146 e. The molecule has 0 heterocycles.